The number of hydrogen-bond acceptors (Lipinski definition) is 13. The summed E-state index contributed by atoms with van der Waals surface area (Å²) >= 11 is 6.16. The van der Waals surface area contributed by atoms with Crippen molar-refractivity contribution >= 4 is 76.6 Å². The van der Waals surface area contributed by atoms with Crippen LogP contribution in [0.15, 0.2) is 78.9 Å². The van der Waals surface area contributed by atoms with Crippen molar-refractivity contribution in [2.45, 2.75) is 161 Å². The molecule has 1 aliphatic heterocycles. The molecule has 0 saturated carbocycles. The SMILES string of the molecule is CC[C@H](C)[C@H]1CN(C)C(=O)C(=O)N(C)C(=O)C(=O)N(C)[C@@H](Cc2ccc(Cl)cc2)C(=O)N(C)C(=O)C(=O)N[C@@H](CCc2ccc(C(F)(F)F)cc2)C(=O)N[C@@H](CC(C)C)C(=O)N(C)[C@@H](Cc2ccccc2)C(=O)N(C)[C@@H](CC(C)C)C(=O)N(C)[C@H](C)CCN[C@@H](C)CN1. The first-order chi connectivity index (χ1) is 43.5. The second kappa shape index (κ2) is 35.5. The van der Waals surface area contributed by atoms with Crippen LogP contribution in [-0.2, 0) is 78.2 Å². The molecule has 0 aliphatic carbocycles. The predicted octanol–water partition coefficient (Wildman–Crippen LogP) is 4.98. The Labute approximate surface area is 550 Å². The zero-order chi connectivity index (χ0) is 69.9. The van der Waals surface area contributed by atoms with E-state index in [4.69, 9.17) is 11.6 Å². The van der Waals surface area contributed by atoms with Crippen molar-refractivity contribution in [2.75, 3.05) is 69.0 Å². The minimum Gasteiger partial charge on any atom is -0.343 e. The van der Waals surface area contributed by atoms with Crippen LogP contribution in [0.5, 0.6) is 0 Å². The third-order valence-corrected chi connectivity index (χ3v) is 17.5. The molecule has 22 nitrogen and oxygen atoms in total. The zero-order valence-electron chi connectivity index (χ0n) is 56.3. The lowest BCUT2D eigenvalue weighted by Gasteiger charge is -2.38. The van der Waals surface area contributed by atoms with E-state index in [-0.39, 0.29) is 79.6 Å². The van der Waals surface area contributed by atoms with Crippen molar-refractivity contribution in [1.29, 1.82) is 0 Å². The Bertz CT molecular complexity index is 3080. The van der Waals surface area contributed by atoms with Gasteiger partial charge in [0.15, 0.2) is 0 Å². The number of carbonyl (C=O) groups is 11. The number of alkyl halides is 3. The van der Waals surface area contributed by atoms with Gasteiger partial charge in [-0.2, -0.15) is 13.2 Å². The molecule has 4 N–H and O–H groups in total. The van der Waals surface area contributed by atoms with Crippen molar-refractivity contribution in [2.24, 2.45) is 17.8 Å². The summed E-state index contributed by atoms with van der Waals surface area (Å²) in [7, 11) is 8.86. The lowest BCUT2D eigenvalue weighted by molar-refractivity contribution is -0.162. The highest BCUT2D eigenvalue weighted by molar-refractivity contribution is 6.45. The molecule has 0 unspecified atom stereocenters. The van der Waals surface area contributed by atoms with Gasteiger partial charge in [0, 0.05) is 98.4 Å². The lowest BCUT2D eigenvalue weighted by Crippen LogP contribution is -2.60. The number of carbonyl (C=O) groups excluding carboxylic acids is 11. The van der Waals surface area contributed by atoms with Crippen molar-refractivity contribution in [3.8, 4) is 0 Å². The van der Waals surface area contributed by atoms with Crippen molar-refractivity contribution in [1.82, 2.24) is 55.6 Å². The summed E-state index contributed by atoms with van der Waals surface area (Å²) in [6.07, 6.45) is -4.27. The van der Waals surface area contributed by atoms with E-state index in [9.17, 15) is 56.3 Å². The van der Waals surface area contributed by atoms with Crippen LogP contribution in [0.25, 0.3) is 0 Å². The molecule has 0 radical (unpaired) electrons. The Morgan fingerprint density at radius 2 is 1.08 bits per heavy atom. The summed E-state index contributed by atoms with van der Waals surface area (Å²) < 4.78 is 40.9. The smallest absolute Gasteiger partial charge is 0.343 e. The van der Waals surface area contributed by atoms with E-state index in [0.29, 0.717) is 56.8 Å². The molecule has 93 heavy (non-hydrogen) atoms. The van der Waals surface area contributed by atoms with Gasteiger partial charge in [0.25, 0.3) is 5.91 Å². The average molecular weight is 1320 g/mol. The van der Waals surface area contributed by atoms with Gasteiger partial charge in [-0.1, -0.05) is 114 Å². The lowest BCUT2D eigenvalue weighted by atomic mass is 9.97. The summed E-state index contributed by atoms with van der Waals surface area (Å²) in [6.45, 7) is 16.1. The largest absolute Gasteiger partial charge is 0.416 e. The standard InChI is InChI=1S/C67H95ClF3N11O11/c1-16-42(6)52-39-76(9)63(90)64(91)82(15)66(93)65(92)80(13)55(37-47-24-29-49(68)30-25-47)61(88)81(14)62(89)57(84)74-50(31-26-45-22-27-48(28-23-45)67(69,70)71)56(83)75-51(34-40(2)3)58(85)78(11)54(36-46-20-18-17-19-21-46)60(87)79(12)53(35-41(4)5)59(86)77(10)44(8)32-33-72-43(7)38-73-52/h17-25,27-30,40-44,50-55,72-73H,16,26,31-39H2,1-15H3,(H,74,84)(H,75,83)/t42-,43-,44+,50-,51-,52+,53-,54-,55-/m0/s1. The molecule has 1 saturated heterocycles. The Morgan fingerprint density at radius 3 is 1.63 bits per heavy atom. The number of benzene rings is 3. The highest BCUT2D eigenvalue weighted by Gasteiger charge is 2.43. The van der Waals surface area contributed by atoms with E-state index in [1.807, 2.05) is 41.5 Å². The summed E-state index contributed by atoms with van der Waals surface area (Å²) in [5, 5.41) is 12.3. The highest BCUT2D eigenvalue weighted by Crippen LogP contribution is 2.30. The molecule has 0 spiro atoms. The van der Waals surface area contributed by atoms with Crippen LogP contribution in [0.4, 0.5) is 13.2 Å². The Balaban J connectivity index is 1.88. The van der Waals surface area contributed by atoms with Crippen molar-refractivity contribution < 1.29 is 65.9 Å². The Morgan fingerprint density at radius 1 is 0.548 bits per heavy atom. The number of amides is 11. The summed E-state index contributed by atoms with van der Waals surface area (Å²) in [5.74, 6) is -12.9. The number of nitrogens with one attached hydrogen (secondary N) is 4. The highest BCUT2D eigenvalue weighted by atomic mass is 35.5. The molecule has 512 valence electrons. The molecule has 0 aromatic heterocycles. The maximum Gasteiger partial charge on any atom is 0.416 e. The van der Waals surface area contributed by atoms with Gasteiger partial charge in [-0.05, 0) is 111 Å². The fraction of sp³-hybridized carbons (Fsp3) is 0.567. The van der Waals surface area contributed by atoms with E-state index in [1.54, 1.807) is 56.1 Å². The van der Waals surface area contributed by atoms with E-state index in [2.05, 4.69) is 21.3 Å². The first-order valence-corrected chi connectivity index (χ1v) is 31.9. The third-order valence-electron chi connectivity index (χ3n) is 17.2. The zero-order valence-corrected chi connectivity index (χ0v) is 57.0. The first kappa shape index (κ1) is 77.7. The quantitative estimate of drug-likeness (QED) is 0.130. The van der Waals surface area contributed by atoms with Crippen LogP contribution < -0.4 is 21.3 Å². The van der Waals surface area contributed by atoms with E-state index < -0.39 is 114 Å². The predicted molar refractivity (Wildman–Crippen MR) is 346 cm³/mol. The molecule has 3 aromatic rings. The van der Waals surface area contributed by atoms with Crippen LogP contribution >= 0.6 is 11.6 Å². The van der Waals surface area contributed by atoms with E-state index in [1.165, 1.54) is 67.3 Å². The molecule has 1 fully saturated rings. The molecule has 3 aromatic carbocycles. The van der Waals surface area contributed by atoms with Crippen LogP contribution in [0, 0.1) is 17.8 Å². The summed E-state index contributed by atoms with van der Waals surface area (Å²) in [4.78, 5) is 166. The number of imide groups is 2. The fourth-order valence-electron chi connectivity index (χ4n) is 10.7. The number of nitrogens with zero attached hydrogens (tertiary/aromatic N) is 7. The molecular formula is C67H95ClF3N11O11. The second-order valence-electron chi connectivity index (χ2n) is 25.4. The topological polar surface area (TPSA) is 259 Å². The van der Waals surface area contributed by atoms with Gasteiger partial charge in [-0.3, -0.25) is 62.5 Å². The molecule has 9 atom stereocenters. The molecule has 4 rings (SSSR count). The Kier molecular flexibility index (Phi) is 29.6. The van der Waals surface area contributed by atoms with Gasteiger partial charge in [0.05, 0.1) is 5.56 Å². The molecular weight excluding hydrogens is 1230 g/mol. The van der Waals surface area contributed by atoms with Gasteiger partial charge < -0.3 is 45.8 Å². The normalized spacial score (nSPS) is 23.7. The molecule has 1 heterocycles. The van der Waals surface area contributed by atoms with Crippen LogP contribution in [0.1, 0.15) is 110 Å². The first-order valence-electron chi connectivity index (χ1n) is 31.5. The molecule has 0 bridgehead atoms. The molecule has 1 aliphatic rings. The monoisotopic (exact) mass is 1320 g/mol. The maximum absolute atomic E-state index is 15.3. The minimum atomic E-state index is -4.68. The van der Waals surface area contributed by atoms with Crippen LogP contribution in [0.3, 0.4) is 0 Å². The van der Waals surface area contributed by atoms with Gasteiger partial charge in [0.2, 0.25) is 23.6 Å². The average Bonchev–Trinajstić information content (AvgIpc) is 0.908. The second-order valence-corrected chi connectivity index (χ2v) is 25.8. The molecule has 11 amide bonds. The maximum atomic E-state index is 15.3. The number of aryl methyl sites for hydroxylation is 1. The van der Waals surface area contributed by atoms with Crippen LogP contribution in [0.2, 0.25) is 5.02 Å². The van der Waals surface area contributed by atoms with Crippen molar-refractivity contribution in [3.63, 3.8) is 0 Å². The van der Waals surface area contributed by atoms with Gasteiger partial charge in [-0.25, -0.2) is 0 Å². The minimum absolute atomic E-state index is 0.00897. The summed E-state index contributed by atoms with van der Waals surface area (Å²) in [5.41, 5.74) is 0.343. The Hall–Kier alpha value is -7.77. The van der Waals surface area contributed by atoms with Gasteiger partial charge in [0.1, 0.15) is 30.2 Å². The van der Waals surface area contributed by atoms with E-state index in [0.717, 1.165) is 38.2 Å². The van der Waals surface area contributed by atoms with E-state index >= 15 is 9.59 Å². The van der Waals surface area contributed by atoms with Crippen molar-refractivity contribution in [3.05, 3.63) is 106 Å². The van der Waals surface area contributed by atoms with Gasteiger partial charge in [-0.15, -0.1) is 0 Å². The number of rotatable bonds is 13. The summed E-state index contributed by atoms with van der Waals surface area (Å²) in [6, 6.07) is 10.8. The van der Waals surface area contributed by atoms with Gasteiger partial charge >= 0.3 is 41.6 Å². The number of halogens is 4. The third kappa shape index (κ3) is 22.2. The molecule has 26 heteroatoms. The number of hydrogen-bond donors (Lipinski definition) is 4. The fourth-order valence-corrected chi connectivity index (χ4v) is 10.9. The van der Waals surface area contributed by atoms with Crippen LogP contribution in [-0.4, -0.2) is 217 Å². The number of likely N-dealkylation sites (N-methyl/N-ethyl adjacent to an activating group) is 7.